The molecule has 0 amide bonds. The molecule has 0 saturated heterocycles. The van der Waals surface area contributed by atoms with Crippen LogP contribution < -0.4 is 4.74 Å². The van der Waals surface area contributed by atoms with Crippen molar-refractivity contribution >= 4 is 23.2 Å². The predicted octanol–water partition coefficient (Wildman–Crippen LogP) is 6.17. The molecule has 13 heteroatoms. The molecule has 0 saturated carbocycles. The van der Waals surface area contributed by atoms with E-state index in [1.54, 1.807) is 18.2 Å². The largest absolute Gasteiger partial charge is 0.472 e. The number of halogens is 6. The monoisotopic (exact) mass is 566 g/mol. The van der Waals surface area contributed by atoms with Gasteiger partial charge in [-0.05, 0) is 48.7 Å². The Morgan fingerprint density at radius 1 is 1.13 bits per heavy atom. The first-order valence-corrected chi connectivity index (χ1v) is 12.3. The van der Waals surface area contributed by atoms with Crippen LogP contribution in [0.15, 0.2) is 36.5 Å². The van der Waals surface area contributed by atoms with Crippen molar-refractivity contribution < 1.29 is 22.3 Å². The van der Waals surface area contributed by atoms with Crippen molar-refractivity contribution in [1.29, 1.82) is 0 Å². The van der Waals surface area contributed by atoms with Crippen molar-refractivity contribution in [2.45, 2.75) is 39.2 Å². The van der Waals surface area contributed by atoms with Gasteiger partial charge in [0.15, 0.2) is 5.82 Å². The molecule has 198 valence electrons. The summed E-state index contributed by atoms with van der Waals surface area (Å²) in [4.78, 5) is 14.7. The van der Waals surface area contributed by atoms with Crippen molar-refractivity contribution in [3.05, 3.63) is 86.3 Å². The zero-order valence-corrected chi connectivity index (χ0v) is 21.4. The quantitative estimate of drug-likeness (QED) is 0.281. The van der Waals surface area contributed by atoms with Gasteiger partial charge in [-0.25, -0.2) is 14.4 Å². The van der Waals surface area contributed by atoms with Crippen LogP contribution in [0.2, 0.25) is 10.0 Å². The lowest BCUT2D eigenvalue weighted by atomic mass is 10.0. The molecule has 0 spiro atoms. The van der Waals surface area contributed by atoms with Crippen LogP contribution in [0.3, 0.4) is 0 Å². The number of H-pyrrole nitrogens is 1. The number of alkyl halides is 3. The Bertz CT molecular complexity index is 1490. The maximum Gasteiger partial charge on any atom is 0.451 e. The summed E-state index contributed by atoms with van der Waals surface area (Å²) in [5, 5.41) is 6.21. The van der Waals surface area contributed by atoms with Crippen LogP contribution in [0, 0.1) is 12.7 Å². The van der Waals surface area contributed by atoms with E-state index in [2.05, 4.69) is 25.0 Å². The molecule has 4 heterocycles. The highest BCUT2D eigenvalue weighted by Gasteiger charge is 2.35. The molecule has 0 radical (unpaired) electrons. The Morgan fingerprint density at radius 3 is 2.66 bits per heavy atom. The summed E-state index contributed by atoms with van der Waals surface area (Å²) in [5.74, 6) is -1.49. The number of hydrogen-bond acceptors (Lipinski definition) is 6. The normalized spacial score (nSPS) is 14.0. The number of hydrogen-bond donors (Lipinski definition) is 1. The van der Waals surface area contributed by atoms with Gasteiger partial charge < -0.3 is 4.74 Å². The van der Waals surface area contributed by atoms with Crippen molar-refractivity contribution in [1.82, 2.24) is 30.0 Å². The van der Waals surface area contributed by atoms with E-state index in [0.717, 1.165) is 29.1 Å². The van der Waals surface area contributed by atoms with Gasteiger partial charge in [-0.2, -0.15) is 18.3 Å². The van der Waals surface area contributed by atoms with Crippen molar-refractivity contribution in [2.75, 3.05) is 6.54 Å². The van der Waals surface area contributed by atoms with Gasteiger partial charge in [-0.15, -0.1) is 0 Å². The maximum atomic E-state index is 14.1. The van der Waals surface area contributed by atoms with Gasteiger partial charge >= 0.3 is 6.18 Å². The molecule has 4 aromatic rings. The molecule has 1 aromatic carbocycles. The summed E-state index contributed by atoms with van der Waals surface area (Å²) in [6.45, 7) is 3.53. The Hall–Kier alpha value is -3.28. The standard InChI is InChI=1S/C25H20Cl2F4N6O/c1-13-6-16(22-34-24(36-35-22)25(29,30)31)9-32-20(13)10-37-5-4-14-7-18(27)23(33-21(14)11-37)38-12-15-2-3-17(26)8-19(15)28/h2-3,6-9H,4-5,10-12H2,1H3,(H,34,35,36). The fraction of sp³-hybridized carbons (Fsp3) is 0.280. The van der Waals surface area contributed by atoms with Crippen molar-refractivity contribution in [3.8, 4) is 17.3 Å². The lowest BCUT2D eigenvalue weighted by Crippen LogP contribution is -2.31. The summed E-state index contributed by atoms with van der Waals surface area (Å²) in [7, 11) is 0. The highest BCUT2D eigenvalue weighted by atomic mass is 35.5. The first-order valence-electron chi connectivity index (χ1n) is 11.5. The first-order chi connectivity index (χ1) is 18.1. The third-order valence-corrected chi connectivity index (χ3v) is 6.64. The molecule has 0 atom stereocenters. The van der Waals surface area contributed by atoms with Crippen LogP contribution >= 0.6 is 23.2 Å². The lowest BCUT2D eigenvalue weighted by Gasteiger charge is -2.28. The van der Waals surface area contributed by atoms with E-state index >= 15 is 0 Å². The number of benzene rings is 1. The second-order valence-corrected chi connectivity index (χ2v) is 9.70. The van der Waals surface area contributed by atoms with Crippen LogP contribution in [0.1, 0.15) is 33.9 Å². The molecule has 1 aliphatic rings. The minimum absolute atomic E-state index is 0.0526. The van der Waals surface area contributed by atoms with Crippen molar-refractivity contribution in [2.24, 2.45) is 0 Å². The molecule has 0 aliphatic carbocycles. The molecule has 1 N–H and O–H groups in total. The van der Waals surface area contributed by atoms with Crippen LogP contribution in [-0.4, -0.2) is 36.6 Å². The first kappa shape index (κ1) is 26.3. The van der Waals surface area contributed by atoms with Gasteiger partial charge in [-0.3, -0.25) is 15.0 Å². The van der Waals surface area contributed by atoms with E-state index in [0.29, 0.717) is 40.7 Å². The number of aromatic amines is 1. The summed E-state index contributed by atoms with van der Waals surface area (Å²) in [6, 6.07) is 7.87. The van der Waals surface area contributed by atoms with Gasteiger partial charge in [0, 0.05) is 42.0 Å². The summed E-state index contributed by atoms with van der Waals surface area (Å²) >= 11 is 12.2. The maximum absolute atomic E-state index is 14.1. The van der Waals surface area contributed by atoms with Crippen LogP contribution in [0.5, 0.6) is 5.88 Å². The van der Waals surface area contributed by atoms with E-state index in [9.17, 15) is 17.6 Å². The topological polar surface area (TPSA) is 79.8 Å². The molecule has 3 aromatic heterocycles. The number of aryl methyl sites for hydroxylation is 1. The number of ether oxygens (including phenoxy) is 1. The Balaban J connectivity index is 1.27. The smallest absolute Gasteiger partial charge is 0.451 e. The minimum atomic E-state index is -4.60. The SMILES string of the molecule is Cc1cc(-c2n[nH]c(C(F)(F)F)n2)cnc1CN1CCc2cc(Cl)c(OCc3ccc(Cl)cc3F)nc2C1. The predicted molar refractivity (Wildman–Crippen MR) is 132 cm³/mol. The molecule has 7 nitrogen and oxygen atoms in total. The van der Waals surface area contributed by atoms with E-state index in [1.807, 2.05) is 18.1 Å². The Kier molecular flexibility index (Phi) is 7.26. The molecule has 0 fully saturated rings. The fourth-order valence-electron chi connectivity index (χ4n) is 4.11. The van der Waals surface area contributed by atoms with E-state index in [4.69, 9.17) is 27.9 Å². The fourth-order valence-corrected chi connectivity index (χ4v) is 4.50. The zero-order valence-electron chi connectivity index (χ0n) is 19.9. The Morgan fingerprint density at radius 2 is 1.95 bits per heavy atom. The zero-order chi connectivity index (χ0) is 27.0. The molecule has 0 unspecified atom stereocenters. The third-order valence-electron chi connectivity index (χ3n) is 6.13. The number of nitrogens with zero attached hydrogens (tertiary/aromatic N) is 5. The molecule has 38 heavy (non-hydrogen) atoms. The third kappa shape index (κ3) is 5.74. The number of fused-ring (bicyclic) bond motifs is 1. The summed E-state index contributed by atoms with van der Waals surface area (Å²) in [5.41, 5.74) is 4.08. The van der Waals surface area contributed by atoms with Gasteiger partial charge in [0.1, 0.15) is 17.4 Å². The van der Waals surface area contributed by atoms with Gasteiger partial charge in [0.2, 0.25) is 11.7 Å². The lowest BCUT2D eigenvalue weighted by molar-refractivity contribution is -0.144. The number of rotatable bonds is 6. The second kappa shape index (κ2) is 10.5. The average Bonchev–Trinajstić information content (AvgIpc) is 3.36. The highest BCUT2D eigenvalue weighted by Crippen LogP contribution is 2.31. The number of aromatic nitrogens is 5. The average molecular weight is 567 g/mol. The minimum Gasteiger partial charge on any atom is -0.472 e. The summed E-state index contributed by atoms with van der Waals surface area (Å²) in [6.07, 6.45) is -2.43. The van der Waals surface area contributed by atoms with E-state index in [1.165, 1.54) is 12.3 Å². The molecule has 5 rings (SSSR count). The summed E-state index contributed by atoms with van der Waals surface area (Å²) < 4.78 is 58.3. The van der Waals surface area contributed by atoms with Crippen LogP contribution in [0.25, 0.3) is 11.4 Å². The second-order valence-electron chi connectivity index (χ2n) is 8.86. The number of nitrogens with one attached hydrogen (secondary N) is 1. The number of pyridine rings is 2. The van der Waals surface area contributed by atoms with Crippen molar-refractivity contribution in [3.63, 3.8) is 0 Å². The van der Waals surface area contributed by atoms with Gasteiger partial charge in [0.05, 0.1) is 11.4 Å². The molecular formula is C25H20Cl2F4N6O. The van der Waals surface area contributed by atoms with Crippen LogP contribution in [0.4, 0.5) is 17.6 Å². The molecular weight excluding hydrogens is 547 g/mol. The highest BCUT2D eigenvalue weighted by molar-refractivity contribution is 6.32. The van der Waals surface area contributed by atoms with E-state index in [-0.39, 0.29) is 18.3 Å². The molecule has 1 aliphatic heterocycles. The molecule has 0 bridgehead atoms. The Labute approximate surface area is 224 Å². The van der Waals surface area contributed by atoms with Crippen LogP contribution in [-0.2, 0) is 32.3 Å². The van der Waals surface area contributed by atoms with Gasteiger partial charge in [0.25, 0.3) is 0 Å². The van der Waals surface area contributed by atoms with E-state index < -0.39 is 17.8 Å². The van der Waals surface area contributed by atoms with Gasteiger partial charge in [-0.1, -0.05) is 29.3 Å².